The van der Waals surface area contributed by atoms with Crippen molar-refractivity contribution in [2.45, 2.75) is 70.8 Å². The molecular formula is C20H37IN4O. The second-order valence-corrected chi connectivity index (χ2v) is 8.49. The minimum Gasteiger partial charge on any atom is -0.356 e. The SMILES string of the molecule is CN=C(NCC1CCCC(C)C1)NC1CCN(C(=O)C2CCCC2)C1.I. The Hall–Kier alpha value is -0.530. The minimum atomic E-state index is 0. The van der Waals surface area contributed by atoms with Gasteiger partial charge < -0.3 is 15.5 Å². The van der Waals surface area contributed by atoms with Crippen molar-refractivity contribution in [3.05, 3.63) is 0 Å². The number of carbonyl (C=O) groups excluding carboxylic acids is 1. The highest BCUT2D eigenvalue weighted by Crippen LogP contribution is 2.28. The van der Waals surface area contributed by atoms with Crippen LogP contribution in [0.15, 0.2) is 4.99 Å². The Morgan fingerprint density at radius 3 is 2.58 bits per heavy atom. The van der Waals surface area contributed by atoms with Crippen molar-refractivity contribution in [2.24, 2.45) is 22.7 Å². The lowest BCUT2D eigenvalue weighted by Crippen LogP contribution is -2.46. The van der Waals surface area contributed by atoms with Crippen molar-refractivity contribution in [3.63, 3.8) is 0 Å². The maximum Gasteiger partial charge on any atom is 0.225 e. The molecule has 0 radical (unpaired) electrons. The quantitative estimate of drug-likeness (QED) is 0.372. The highest BCUT2D eigenvalue weighted by molar-refractivity contribution is 14.0. The first-order chi connectivity index (χ1) is 12.2. The van der Waals surface area contributed by atoms with Crippen molar-refractivity contribution < 1.29 is 4.79 Å². The first-order valence-electron chi connectivity index (χ1n) is 10.4. The molecule has 26 heavy (non-hydrogen) atoms. The van der Waals surface area contributed by atoms with Crippen LogP contribution in [-0.4, -0.2) is 49.5 Å². The third-order valence-electron chi connectivity index (χ3n) is 6.37. The van der Waals surface area contributed by atoms with Gasteiger partial charge in [0.05, 0.1) is 0 Å². The summed E-state index contributed by atoms with van der Waals surface area (Å²) in [6, 6.07) is 0.335. The van der Waals surface area contributed by atoms with E-state index in [1.807, 2.05) is 7.05 Å². The van der Waals surface area contributed by atoms with Crippen molar-refractivity contribution >= 4 is 35.8 Å². The van der Waals surface area contributed by atoms with Crippen LogP contribution in [0.25, 0.3) is 0 Å². The minimum absolute atomic E-state index is 0. The van der Waals surface area contributed by atoms with E-state index < -0.39 is 0 Å². The van der Waals surface area contributed by atoms with Crippen LogP contribution in [0.2, 0.25) is 0 Å². The van der Waals surface area contributed by atoms with Gasteiger partial charge in [-0.3, -0.25) is 9.79 Å². The van der Waals surface area contributed by atoms with E-state index in [9.17, 15) is 4.79 Å². The fraction of sp³-hybridized carbons (Fsp3) is 0.900. The summed E-state index contributed by atoms with van der Waals surface area (Å²) in [6.45, 7) is 5.11. The lowest BCUT2D eigenvalue weighted by molar-refractivity contribution is -0.134. The van der Waals surface area contributed by atoms with Gasteiger partial charge in [0.15, 0.2) is 5.96 Å². The zero-order valence-electron chi connectivity index (χ0n) is 16.5. The molecule has 1 aliphatic heterocycles. The summed E-state index contributed by atoms with van der Waals surface area (Å²) in [6.07, 6.45) is 11.1. The molecule has 6 heteroatoms. The van der Waals surface area contributed by atoms with E-state index in [0.29, 0.717) is 17.9 Å². The Labute approximate surface area is 176 Å². The van der Waals surface area contributed by atoms with Crippen LogP contribution >= 0.6 is 24.0 Å². The topological polar surface area (TPSA) is 56.7 Å². The highest BCUT2D eigenvalue weighted by atomic mass is 127. The summed E-state index contributed by atoms with van der Waals surface area (Å²) in [5.41, 5.74) is 0. The van der Waals surface area contributed by atoms with Gasteiger partial charge in [-0.2, -0.15) is 0 Å². The number of halogens is 1. The molecule has 3 aliphatic rings. The number of guanidine groups is 1. The van der Waals surface area contributed by atoms with Gasteiger partial charge >= 0.3 is 0 Å². The molecule has 1 heterocycles. The van der Waals surface area contributed by atoms with E-state index in [1.165, 1.54) is 38.5 Å². The van der Waals surface area contributed by atoms with E-state index in [2.05, 4.69) is 27.4 Å². The highest BCUT2D eigenvalue weighted by Gasteiger charge is 2.32. The number of likely N-dealkylation sites (tertiary alicyclic amines) is 1. The van der Waals surface area contributed by atoms with Crippen molar-refractivity contribution in [3.8, 4) is 0 Å². The lowest BCUT2D eigenvalue weighted by Gasteiger charge is -2.28. The van der Waals surface area contributed by atoms with Crippen molar-refractivity contribution in [1.29, 1.82) is 0 Å². The summed E-state index contributed by atoms with van der Waals surface area (Å²) in [5, 5.41) is 7.06. The average molecular weight is 476 g/mol. The van der Waals surface area contributed by atoms with Gasteiger partial charge in [0.25, 0.3) is 0 Å². The summed E-state index contributed by atoms with van der Waals surface area (Å²) in [7, 11) is 1.84. The first kappa shape index (κ1) is 21.8. The summed E-state index contributed by atoms with van der Waals surface area (Å²) in [5.74, 6) is 3.22. The van der Waals surface area contributed by atoms with Crippen LogP contribution in [0.3, 0.4) is 0 Å². The molecule has 2 N–H and O–H groups in total. The predicted molar refractivity (Wildman–Crippen MR) is 118 cm³/mol. The van der Waals surface area contributed by atoms with E-state index in [0.717, 1.165) is 56.7 Å². The lowest BCUT2D eigenvalue weighted by atomic mass is 9.82. The van der Waals surface area contributed by atoms with E-state index in [1.54, 1.807) is 0 Å². The maximum absolute atomic E-state index is 12.6. The van der Waals surface area contributed by atoms with Crippen LogP contribution in [-0.2, 0) is 4.79 Å². The van der Waals surface area contributed by atoms with Gasteiger partial charge in [-0.25, -0.2) is 0 Å². The molecule has 3 rings (SSSR count). The molecule has 0 spiro atoms. The largest absolute Gasteiger partial charge is 0.356 e. The number of aliphatic imine (C=N–C) groups is 1. The number of hydrogen-bond acceptors (Lipinski definition) is 2. The van der Waals surface area contributed by atoms with E-state index in [4.69, 9.17) is 0 Å². The number of nitrogens with zero attached hydrogens (tertiary/aromatic N) is 2. The first-order valence-corrected chi connectivity index (χ1v) is 10.4. The van der Waals surface area contributed by atoms with Crippen LogP contribution < -0.4 is 10.6 Å². The Kier molecular flexibility index (Phi) is 8.97. The Morgan fingerprint density at radius 2 is 1.88 bits per heavy atom. The molecule has 0 aromatic heterocycles. The monoisotopic (exact) mass is 476 g/mol. The third kappa shape index (κ3) is 5.99. The number of nitrogens with one attached hydrogen (secondary N) is 2. The van der Waals surface area contributed by atoms with Crippen molar-refractivity contribution in [2.75, 3.05) is 26.7 Å². The van der Waals surface area contributed by atoms with E-state index in [-0.39, 0.29) is 24.0 Å². The van der Waals surface area contributed by atoms with Gasteiger partial charge in [-0.05, 0) is 43.9 Å². The molecule has 3 unspecified atom stereocenters. The Balaban J connectivity index is 0.00000243. The molecule has 0 bridgehead atoms. The number of hydrogen-bond donors (Lipinski definition) is 2. The Morgan fingerprint density at radius 1 is 1.12 bits per heavy atom. The van der Waals surface area contributed by atoms with E-state index >= 15 is 0 Å². The molecular weight excluding hydrogens is 439 g/mol. The standard InChI is InChI=1S/C20H36N4O.HI/c1-15-6-5-7-16(12-15)13-22-20(21-2)23-18-10-11-24(14-18)19(25)17-8-3-4-9-17;/h15-18H,3-14H2,1-2H3,(H2,21,22,23);1H. The number of rotatable bonds is 4. The normalized spacial score (nSPS) is 30.2. The zero-order valence-corrected chi connectivity index (χ0v) is 18.8. The molecule has 1 amide bonds. The molecule has 3 atom stereocenters. The molecule has 2 saturated carbocycles. The molecule has 2 aliphatic carbocycles. The third-order valence-corrected chi connectivity index (χ3v) is 6.37. The smallest absolute Gasteiger partial charge is 0.225 e. The molecule has 150 valence electrons. The molecule has 3 fully saturated rings. The molecule has 0 aromatic carbocycles. The average Bonchev–Trinajstić information content (AvgIpc) is 3.30. The second-order valence-electron chi connectivity index (χ2n) is 8.49. The van der Waals surface area contributed by atoms with Gasteiger partial charge in [0, 0.05) is 38.6 Å². The molecule has 0 aromatic rings. The van der Waals surface area contributed by atoms with Crippen LogP contribution in [0, 0.1) is 17.8 Å². The number of amides is 1. The predicted octanol–water partition coefficient (Wildman–Crippen LogP) is 3.39. The van der Waals surface area contributed by atoms with Gasteiger partial charge in [-0.1, -0.05) is 32.6 Å². The second kappa shape index (κ2) is 10.7. The zero-order chi connectivity index (χ0) is 17.6. The van der Waals surface area contributed by atoms with Crippen LogP contribution in [0.4, 0.5) is 0 Å². The van der Waals surface area contributed by atoms with Crippen molar-refractivity contribution in [1.82, 2.24) is 15.5 Å². The van der Waals surface area contributed by atoms with Gasteiger partial charge in [0.2, 0.25) is 5.91 Å². The number of carbonyl (C=O) groups is 1. The maximum atomic E-state index is 12.6. The van der Waals surface area contributed by atoms with Crippen LogP contribution in [0.1, 0.15) is 64.7 Å². The van der Waals surface area contributed by atoms with Gasteiger partial charge in [-0.15, -0.1) is 24.0 Å². The van der Waals surface area contributed by atoms with Crippen LogP contribution in [0.5, 0.6) is 0 Å². The summed E-state index contributed by atoms with van der Waals surface area (Å²) >= 11 is 0. The fourth-order valence-corrected chi connectivity index (χ4v) is 4.88. The molecule has 1 saturated heterocycles. The fourth-order valence-electron chi connectivity index (χ4n) is 4.88. The summed E-state index contributed by atoms with van der Waals surface area (Å²) < 4.78 is 0. The Bertz CT molecular complexity index is 478. The molecule has 5 nitrogen and oxygen atoms in total. The summed E-state index contributed by atoms with van der Waals surface area (Å²) in [4.78, 5) is 19.0. The van der Waals surface area contributed by atoms with Gasteiger partial charge in [0.1, 0.15) is 0 Å².